The van der Waals surface area contributed by atoms with Crippen LogP contribution in [0.2, 0.25) is 0 Å². The number of fused-ring (bicyclic) bond motifs is 1. The van der Waals surface area contributed by atoms with Crippen molar-refractivity contribution in [2.75, 3.05) is 19.2 Å². The van der Waals surface area contributed by atoms with Crippen molar-refractivity contribution in [1.29, 1.82) is 0 Å². The highest BCUT2D eigenvalue weighted by Crippen LogP contribution is 2.35. The summed E-state index contributed by atoms with van der Waals surface area (Å²) < 4.78 is 17.2. The minimum atomic E-state index is -0.609. The van der Waals surface area contributed by atoms with Crippen LogP contribution in [0.3, 0.4) is 0 Å². The fraction of sp³-hybridized carbons (Fsp3) is 0.192. The number of carbonyl (C=O) groups excluding carboxylic acids is 2. The molecule has 1 saturated heterocycles. The molecule has 0 aliphatic carbocycles. The predicted octanol–water partition coefficient (Wildman–Crippen LogP) is 5.19. The SMILES string of the molecule is COc1ccc(N=C2SC(C(=O)Nc3ccc(I)cc3)CC(=O)N2Cc2ccc3c(c2)OCO3)cc1. The lowest BCUT2D eigenvalue weighted by molar-refractivity contribution is -0.129. The van der Waals surface area contributed by atoms with Gasteiger partial charge in [-0.25, -0.2) is 4.99 Å². The first-order valence-electron chi connectivity index (χ1n) is 11.1. The number of methoxy groups -OCH3 is 1. The lowest BCUT2D eigenvalue weighted by Crippen LogP contribution is -2.44. The molecule has 10 heteroatoms. The Morgan fingerprint density at radius 1 is 1.11 bits per heavy atom. The molecule has 0 bridgehead atoms. The Kier molecular flexibility index (Phi) is 7.33. The van der Waals surface area contributed by atoms with Crippen LogP contribution >= 0.6 is 34.4 Å². The van der Waals surface area contributed by atoms with E-state index in [-0.39, 0.29) is 25.0 Å². The van der Waals surface area contributed by atoms with Crippen molar-refractivity contribution in [2.24, 2.45) is 4.99 Å². The van der Waals surface area contributed by atoms with Crippen molar-refractivity contribution >= 4 is 62.7 Å². The summed E-state index contributed by atoms with van der Waals surface area (Å²) in [6, 6.07) is 20.3. The number of halogens is 1. The first kappa shape index (κ1) is 24.4. The lowest BCUT2D eigenvalue weighted by Gasteiger charge is -2.32. The number of anilines is 1. The fourth-order valence-electron chi connectivity index (χ4n) is 3.74. The monoisotopic (exact) mass is 615 g/mol. The molecule has 2 amide bonds. The molecule has 36 heavy (non-hydrogen) atoms. The van der Waals surface area contributed by atoms with Gasteiger partial charge in [0.2, 0.25) is 18.6 Å². The first-order valence-corrected chi connectivity index (χ1v) is 13.1. The van der Waals surface area contributed by atoms with Crippen LogP contribution in [-0.2, 0) is 16.1 Å². The Labute approximate surface area is 226 Å². The molecule has 3 aromatic carbocycles. The van der Waals surface area contributed by atoms with E-state index in [0.717, 1.165) is 9.13 Å². The number of amidine groups is 1. The first-order chi connectivity index (χ1) is 17.5. The molecule has 0 aromatic heterocycles. The number of benzene rings is 3. The van der Waals surface area contributed by atoms with Gasteiger partial charge in [-0.05, 0) is 88.8 Å². The highest BCUT2D eigenvalue weighted by Gasteiger charge is 2.36. The zero-order chi connectivity index (χ0) is 25.1. The zero-order valence-corrected chi connectivity index (χ0v) is 22.2. The minimum Gasteiger partial charge on any atom is -0.497 e. The largest absolute Gasteiger partial charge is 0.497 e. The van der Waals surface area contributed by atoms with Gasteiger partial charge in [0.1, 0.15) is 11.0 Å². The fourth-order valence-corrected chi connectivity index (χ4v) is 5.20. The van der Waals surface area contributed by atoms with E-state index in [1.807, 2.05) is 54.6 Å². The van der Waals surface area contributed by atoms with Gasteiger partial charge >= 0.3 is 0 Å². The molecule has 2 aliphatic heterocycles. The number of hydrogen-bond acceptors (Lipinski definition) is 7. The van der Waals surface area contributed by atoms with E-state index in [1.54, 1.807) is 24.1 Å². The molecule has 0 spiro atoms. The summed E-state index contributed by atoms with van der Waals surface area (Å²) in [6.07, 6.45) is 0.0626. The standard InChI is InChI=1S/C26H22IN3O5S/c1-33-20-9-7-19(8-10-20)29-26-30(14-16-2-11-21-22(12-16)35-15-34-21)24(31)13-23(36-26)25(32)28-18-5-3-17(27)4-6-18/h2-12,23H,13-15H2,1H3,(H,28,32). The summed E-state index contributed by atoms with van der Waals surface area (Å²) in [5, 5.41) is 2.76. The van der Waals surface area contributed by atoms with E-state index in [9.17, 15) is 9.59 Å². The zero-order valence-electron chi connectivity index (χ0n) is 19.3. The van der Waals surface area contributed by atoms with Gasteiger partial charge < -0.3 is 19.5 Å². The van der Waals surface area contributed by atoms with Crippen molar-refractivity contribution in [2.45, 2.75) is 18.2 Å². The third-order valence-corrected chi connectivity index (χ3v) is 7.53. The summed E-state index contributed by atoms with van der Waals surface area (Å²) in [6.45, 7) is 0.474. The van der Waals surface area contributed by atoms with Crippen LogP contribution in [0.1, 0.15) is 12.0 Å². The molecule has 5 rings (SSSR count). The van der Waals surface area contributed by atoms with Gasteiger partial charge in [0.05, 0.1) is 19.3 Å². The summed E-state index contributed by atoms with van der Waals surface area (Å²) in [5.74, 6) is 1.62. The van der Waals surface area contributed by atoms with Crippen LogP contribution in [0.4, 0.5) is 11.4 Å². The summed E-state index contributed by atoms with van der Waals surface area (Å²) in [4.78, 5) is 32.7. The molecule has 3 aromatic rings. The number of ether oxygens (including phenoxy) is 3. The summed E-state index contributed by atoms with van der Waals surface area (Å²) in [5.41, 5.74) is 2.21. The quantitative estimate of drug-likeness (QED) is 0.385. The van der Waals surface area contributed by atoms with Crippen LogP contribution in [0.15, 0.2) is 71.7 Å². The summed E-state index contributed by atoms with van der Waals surface area (Å²) in [7, 11) is 1.60. The summed E-state index contributed by atoms with van der Waals surface area (Å²) >= 11 is 3.49. The smallest absolute Gasteiger partial charge is 0.238 e. The highest BCUT2D eigenvalue weighted by molar-refractivity contribution is 14.1. The van der Waals surface area contributed by atoms with Crippen molar-refractivity contribution in [3.63, 3.8) is 0 Å². The highest BCUT2D eigenvalue weighted by atomic mass is 127. The van der Waals surface area contributed by atoms with E-state index in [4.69, 9.17) is 19.2 Å². The second-order valence-electron chi connectivity index (χ2n) is 8.07. The number of nitrogens with zero attached hydrogens (tertiary/aromatic N) is 2. The Balaban J connectivity index is 1.40. The van der Waals surface area contributed by atoms with Crippen molar-refractivity contribution in [1.82, 2.24) is 4.90 Å². The van der Waals surface area contributed by atoms with Gasteiger partial charge in [0.15, 0.2) is 16.7 Å². The third-order valence-electron chi connectivity index (χ3n) is 5.62. The van der Waals surface area contributed by atoms with Crippen LogP contribution in [0, 0.1) is 3.57 Å². The maximum Gasteiger partial charge on any atom is 0.238 e. The average Bonchev–Trinajstić information content (AvgIpc) is 3.35. The van der Waals surface area contributed by atoms with E-state index in [2.05, 4.69) is 27.9 Å². The Morgan fingerprint density at radius 3 is 2.61 bits per heavy atom. The lowest BCUT2D eigenvalue weighted by atomic mass is 10.1. The molecule has 1 unspecified atom stereocenters. The number of nitrogens with one attached hydrogen (secondary N) is 1. The van der Waals surface area contributed by atoms with Crippen LogP contribution in [0.5, 0.6) is 17.2 Å². The second kappa shape index (κ2) is 10.8. The van der Waals surface area contributed by atoms with E-state index in [0.29, 0.717) is 40.3 Å². The van der Waals surface area contributed by atoms with E-state index < -0.39 is 5.25 Å². The van der Waals surface area contributed by atoms with Crippen molar-refractivity contribution < 1.29 is 23.8 Å². The molecule has 8 nitrogen and oxygen atoms in total. The molecule has 1 atom stereocenters. The van der Waals surface area contributed by atoms with Crippen molar-refractivity contribution in [3.8, 4) is 17.2 Å². The molecule has 0 saturated carbocycles. The third kappa shape index (κ3) is 5.59. The minimum absolute atomic E-state index is 0.0626. The van der Waals surface area contributed by atoms with Gasteiger partial charge in [0, 0.05) is 15.7 Å². The van der Waals surface area contributed by atoms with Crippen molar-refractivity contribution in [3.05, 3.63) is 75.9 Å². The van der Waals surface area contributed by atoms with Gasteiger partial charge in [-0.3, -0.25) is 14.5 Å². The maximum atomic E-state index is 13.3. The van der Waals surface area contributed by atoms with Crippen LogP contribution in [-0.4, -0.2) is 41.0 Å². The van der Waals surface area contributed by atoms with E-state index >= 15 is 0 Å². The number of aliphatic imine (C=N–C) groups is 1. The molecule has 184 valence electrons. The molecule has 2 heterocycles. The van der Waals surface area contributed by atoms with Gasteiger partial charge in [-0.15, -0.1) is 0 Å². The Bertz CT molecular complexity index is 1310. The van der Waals surface area contributed by atoms with Gasteiger partial charge in [-0.1, -0.05) is 17.8 Å². The Morgan fingerprint density at radius 2 is 1.86 bits per heavy atom. The van der Waals surface area contributed by atoms with Crippen LogP contribution in [0.25, 0.3) is 0 Å². The number of thioether (sulfide) groups is 1. The molecular weight excluding hydrogens is 593 g/mol. The number of amides is 2. The maximum absolute atomic E-state index is 13.3. The van der Waals surface area contributed by atoms with Crippen LogP contribution < -0.4 is 19.5 Å². The topological polar surface area (TPSA) is 89.5 Å². The number of hydrogen-bond donors (Lipinski definition) is 1. The molecule has 0 radical (unpaired) electrons. The number of carbonyl (C=O) groups is 2. The Hall–Kier alpha value is -3.25. The molecule has 1 N–H and O–H groups in total. The average molecular weight is 615 g/mol. The van der Waals surface area contributed by atoms with Gasteiger partial charge in [-0.2, -0.15) is 0 Å². The number of rotatable bonds is 6. The molecular formula is C26H22IN3O5S. The van der Waals surface area contributed by atoms with Gasteiger partial charge in [0.25, 0.3) is 0 Å². The normalized spacial score (nSPS) is 17.8. The second-order valence-corrected chi connectivity index (χ2v) is 10.5. The molecule has 1 fully saturated rings. The van der Waals surface area contributed by atoms with E-state index in [1.165, 1.54) is 11.8 Å². The molecule has 2 aliphatic rings. The predicted molar refractivity (Wildman–Crippen MR) is 147 cm³/mol.